The zero-order chi connectivity index (χ0) is 23.8. The highest BCUT2D eigenvalue weighted by Crippen LogP contribution is 2.26. The van der Waals surface area contributed by atoms with E-state index < -0.39 is 6.04 Å². The molecule has 174 valence electrons. The minimum absolute atomic E-state index is 0.150. The molecule has 0 radical (unpaired) electrons. The monoisotopic (exact) mass is 448 g/mol. The lowest BCUT2D eigenvalue weighted by molar-refractivity contribution is -0.127. The van der Waals surface area contributed by atoms with Crippen molar-refractivity contribution in [2.24, 2.45) is 11.8 Å². The number of nitrogens with one attached hydrogen (secondary N) is 2. The molecule has 33 heavy (non-hydrogen) atoms. The second kappa shape index (κ2) is 11.5. The first-order chi connectivity index (χ1) is 15.9. The van der Waals surface area contributed by atoms with Crippen molar-refractivity contribution in [3.63, 3.8) is 0 Å². The molecule has 0 saturated heterocycles. The minimum atomic E-state index is -0.507. The molecule has 1 saturated carbocycles. The molecule has 1 aromatic carbocycles. The Morgan fingerprint density at radius 3 is 2.45 bits per heavy atom. The summed E-state index contributed by atoms with van der Waals surface area (Å²) in [6, 6.07) is 12.0. The van der Waals surface area contributed by atoms with Crippen LogP contribution < -0.4 is 15.4 Å². The average molecular weight is 449 g/mol. The first kappa shape index (κ1) is 24.2. The molecule has 3 rings (SSSR count). The summed E-state index contributed by atoms with van der Waals surface area (Å²) in [5, 5.41) is 15.3. The normalized spacial score (nSPS) is 18.8. The number of hydrogen-bond donors (Lipinski definition) is 2. The summed E-state index contributed by atoms with van der Waals surface area (Å²) >= 11 is 0. The van der Waals surface area contributed by atoms with Gasteiger partial charge in [0.15, 0.2) is 0 Å². The molecule has 7 heteroatoms. The second-order valence-corrected chi connectivity index (χ2v) is 9.05. The van der Waals surface area contributed by atoms with Gasteiger partial charge in [-0.05, 0) is 68.5 Å². The van der Waals surface area contributed by atoms with E-state index in [-0.39, 0.29) is 23.8 Å². The summed E-state index contributed by atoms with van der Waals surface area (Å²) in [6.07, 6.45) is 5.60. The van der Waals surface area contributed by atoms with Crippen molar-refractivity contribution >= 4 is 11.8 Å². The summed E-state index contributed by atoms with van der Waals surface area (Å²) in [6.45, 7) is 5.95. The van der Waals surface area contributed by atoms with Gasteiger partial charge >= 0.3 is 0 Å². The molecule has 1 fully saturated rings. The van der Waals surface area contributed by atoms with Crippen LogP contribution in [0, 0.1) is 30.1 Å². The third-order valence-electron chi connectivity index (χ3n) is 5.84. The SMILES string of the molecule is Cc1ccc(Oc2ccc(C(=O)N[C@H]3CCCC[C@H]3C(=O)N[C@H](C#N)CC(C)C)cc2)cn1. The fourth-order valence-corrected chi connectivity index (χ4v) is 4.09. The Bertz CT molecular complexity index is 980. The summed E-state index contributed by atoms with van der Waals surface area (Å²) in [5.74, 6) is 0.847. The number of pyridine rings is 1. The molecular formula is C26H32N4O3. The number of nitrogens with zero attached hydrogens (tertiary/aromatic N) is 2. The van der Waals surface area contributed by atoms with Gasteiger partial charge in [0.05, 0.1) is 18.2 Å². The number of hydrogen-bond acceptors (Lipinski definition) is 5. The fourth-order valence-electron chi connectivity index (χ4n) is 4.09. The molecule has 2 amide bonds. The number of nitriles is 1. The van der Waals surface area contributed by atoms with Crippen molar-refractivity contribution < 1.29 is 14.3 Å². The van der Waals surface area contributed by atoms with Crippen molar-refractivity contribution in [2.75, 3.05) is 0 Å². The Balaban J connectivity index is 1.60. The van der Waals surface area contributed by atoms with E-state index in [0.717, 1.165) is 25.0 Å². The molecule has 0 bridgehead atoms. The first-order valence-corrected chi connectivity index (χ1v) is 11.6. The molecule has 0 aliphatic heterocycles. The lowest BCUT2D eigenvalue weighted by Crippen LogP contribution is -2.50. The van der Waals surface area contributed by atoms with Gasteiger partial charge < -0.3 is 15.4 Å². The van der Waals surface area contributed by atoms with Gasteiger partial charge in [0.1, 0.15) is 17.5 Å². The predicted octanol–water partition coefficient (Wildman–Crippen LogP) is 4.53. The fraction of sp³-hybridized carbons (Fsp3) is 0.462. The summed E-state index contributed by atoms with van der Waals surface area (Å²) in [4.78, 5) is 30.0. The number of amides is 2. The molecule has 0 unspecified atom stereocenters. The van der Waals surface area contributed by atoms with E-state index >= 15 is 0 Å². The van der Waals surface area contributed by atoms with Crippen LogP contribution in [0.5, 0.6) is 11.5 Å². The molecule has 7 nitrogen and oxygen atoms in total. The lowest BCUT2D eigenvalue weighted by atomic mass is 9.83. The Morgan fingerprint density at radius 1 is 1.12 bits per heavy atom. The third kappa shape index (κ3) is 7.04. The average Bonchev–Trinajstić information content (AvgIpc) is 2.80. The standard InChI is InChI=1S/C26H32N4O3/c1-17(2)14-20(15-27)29-26(32)23-6-4-5-7-24(23)30-25(31)19-9-12-21(13-10-19)33-22-11-8-18(3)28-16-22/h8-13,16-17,20,23-24H,4-7,14H2,1-3H3,(H,29,32)(H,30,31)/t20-,23+,24-/m0/s1. The van der Waals surface area contributed by atoms with E-state index in [0.29, 0.717) is 35.8 Å². The van der Waals surface area contributed by atoms with Crippen LogP contribution in [0.25, 0.3) is 0 Å². The van der Waals surface area contributed by atoms with Crippen LogP contribution in [0.4, 0.5) is 0 Å². The van der Waals surface area contributed by atoms with Crippen LogP contribution in [-0.2, 0) is 4.79 Å². The maximum Gasteiger partial charge on any atom is 0.251 e. The van der Waals surface area contributed by atoms with Crippen molar-refractivity contribution in [1.82, 2.24) is 15.6 Å². The van der Waals surface area contributed by atoms with Gasteiger partial charge in [0.25, 0.3) is 5.91 Å². The van der Waals surface area contributed by atoms with Crippen molar-refractivity contribution in [2.45, 2.75) is 65.0 Å². The Morgan fingerprint density at radius 2 is 1.82 bits per heavy atom. The molecule has 1 aliphatic rings. The second-order valence-electron chi connectivity index (χ2n) is 9.05. The molecular weight excluding hydrogens is 416 g/mol. The van der Waals surface area contributed by atoms with Crippen LogP contribution in [-0.4, -0.2) is 28.9 Å². The summed E-state index contributed by atoms with van der Waals surface area (Å²) in [5.41, 5.74) is 1.41. The van der Waals surface area contributed by atoms with Crippen LogP contribution in [0.2, 0.25) is 0 Å². The molecule has 2 aromatic rings. The van der Waals surface area contributed by atoms with E-state index in [4.69, 9.17) is 4.74 Å². The predicted molar refractivity (Wildman–Crippen MR) is 126 cm³/mol. The minimum Gasteiger partial charge on any atom is -0.456 e. The lowest BCUT2D eigenvalue weighted by Gasteiger charge is -2.32. The van der Waals surface area contributed by atoms with Gasteiger partial charge in [0.2, 0.25) is 5.91 Å². The molecule has 1 heterocycles. The number of carbonyl (C=O) groups is 2. The molecule has 1 aromatic heterocycles. The Labute approximate surface area is 195 Å². The van der Waals surface area contributed by atoms with E-state index in [1.54, 1.807) is 30.5 Å². The highest BCUT2D eigenvalue weighted by molar-refractivity contribution is 5.95. The summed E-state index contributed by atoms with van der Waals surface area (Å²) < 4.78 is 5.77. The highest BCUT2D eigenvalue weighted by Gasteiger charge is 2.33. The van der Waals surface area contributed by atoms with Crippen molar-refractivity contribution in [3.8, 4) is 17.6 Å². The Kier molecular flexibility index (Phi) is 8.42. The maximum absolute atomic E-state index is 12.9. The number of aromatic nitrogens is 1. The Hall–Kier alpha value is -3.40. The van der Waals surface area contributed by atoms with Gasteiger partial charge in [-0.15, -0.1) is 0 Å². The molecule has 3 atom stereocenters. The number of rotatable bonds is 8. The zero-order valence-electron chi connectivity index (χ0n) is 19.5. The van der Waals surface area contributed by atoms with Crippen LogP contribution in [0.1, 0.15) is 62.0 Å². The highest BCUT2D eigenvalue weighted by atomic mass is 16.5. The van der Waals surface area contributed by atoms with Gasteiger partial charge in [0, 0.05) is 17.3 Å². The topological polar surface area (TPSA) is 104 Å². The van der Waals surface area contributed by atoms with Gasteiger partial charge in [-0.3, -0.25) is 14.6 Å². The van der Waals surface area contributed by atoms with E-state index in [1.165, 1.54) is 0 Å². The molecule has 0 spiro atoms. The largest absolute Gasteiger partial charge is 0.456 e. The summed E-state index contributed by atoms with van der Waals surface area (Å²) in [7, 11) is 0. The number of ether oxygens (including phenoxy) is 1. The molecule has 1 aliphatic carbocycles. The smallest absolute Gasteiger partial charge is 0.251 e. The first-order valence-electron chi connectivity index (χ1n) is 11.6. The van der Waals surface area contributed by atoms with Crippen LogP contribution in [0.15, 0.2) is 42.6 Å². The maximum atomic E-state index is 12.9. The van der Waals surface area contributed by atoms with Gasteiger partial charge in [-0.1, -0.05) is 26.7 Å². The van der Waals surface area contributed by atoms with E-state index in [9.17, 15) is 14.9 Å². The van der Waals surface area contributed by atoms with Gasteiger partial charge in [-0.2, -0.15) is 5.26 Å². The number of aryl methyl sites for hydroxylation is 1. The van der Waals surface area contributed by atoms with E-state index in [1.807, 2.05) is 32.9 Å². The zero-order valence-corrected chi connectivity index (χ0v) is 19.5. The number of carbonyl (C=O) groups excluding carboxylic acids is 2. The van der Waals surface area contributed by atoms with Crippen LogP contribution in [0.3, 0.4) is 0 Å². The third-order valence-corrected chi connectivity index (χ3v) is 5.84. The van der Waals surface area contributed by atoms with E-state index in [2.05, 4.69) is 21.7 Å². The van der Waals surface area contributed by atoms with Crippen molar-refractivity contribution in [1.29, 1.82) is 5.26 Å². The van der Waals surface area contributed by atoms with Crippen LogP contribution >= 0.6 is 0 Å². The number of benzene rings is 1. The van der Waals surface area contributed by atoms with Crippen molar-refractivity contribution in [3.05, 3.63) is 53.9 Å². The van der Waals surface area contributed by atoms with Gasteiger partial charge in [-0.25, -0.2) is 0 Å². The molecule has 2 N–H and O–H groups in total. The quantitative estimate of drug-likeness (QED) is 0.618.